The van der Waals surface area contributed by atoms with Crippen molar-refractivity contribution in [1.82, 2.24) is 0 Å². The van der Waals surface area contributed by atoms with Gasteiger partial charge in [0.25, 0.3) is 0 Å². The lowest BCUT2D eigenvalue weighted by Gasteiger charge is -2.30. The summed E-state index contributed by atoms with van der Waals surface area (Å²) < 4.78 is 28.7. The van der Waals surface area contributed by atoms with Gasteiger partial charge in [0.15, 0.2) is 16.6 Å². The van der Waals surface area contributed by atoms with E-state index in [9.17, 15) is 9.36 Å². The van der Waals surface area contributed by atoms with Crippen LogP contribution in [0.1, 0.15) is 6.92 Å². The standard InChI is InChI=1S/C10H25O5PSi2/c1-8-13-10(11)9-16(12,14-17(2,3)4)15-18(5,6)7/h8-9H2,1-7H3. The fourth-order valence-electron chi connectivity index (χ4n) is 1.28. The van der Waals surface area contributed by atoms with Crippen LogP contribution in [-0.2, 0) is 22.5 Å². The van der Waals surface area contributed by atoms with Crippen LogP contribution in [0.5, 0.6) is 0 Å². The highest BCUT2D eigenvalue weighted by Gasteiger charge is 2.38. The van der Waals surface area contributed by atoms with Crippen molar-refractivity contribution in [2.24, 2.45) is 0 Å². The van der Waals surface area contributed by atoms with E-state index in [-0.39, 0.29) is 12.8 Å². The van der Waals surface area contributed by atoms with E-state index in [1.807, 2.05) is 39.3 Å². The predicted molar refractivity (Wildman–Crippen MR) is 78.0 cm³/mol. The highest BCUT2D eigenvalue weighted by Crippen LogP contribution is 2.52. The first-order valence-corrected chi connectivity index (χ1v) is 14.6. The molecule has 8 heteroatoms. The maximum Gasteiger partial charge on any atom is 0.322 e. The van der Waals surface area contributed by atoms with Crippen molar-refractivity contribution in [3.8, 4) is 0 Å². The molecule has 0 aliphatic carbocycles. The summed E-state index contributed by atoms with van der Waals surface area (Å²) >= 11 is 0. The van der Waals surface area contributed by atoms with E-state index in [4.69, 9.17) is 13.2 Å². The molecular formula is C10H25O5PSi2. The molecule has 0 saturated carbocycles. The topological polar surface area (TPSA) is 61.8 Å². The van der Waals surface area contributed by atoms with Crippen LogP contribution in [0.2, 0.25) is 39.3 Å². The van der Waals surface area contributed by atoms with Gasteiger partial charge in [-0.25, -0.2) is 0 Å². The Labute approximate surface area is 112 Å². The molecule has 0 rings (SSSR count). The summed E-state index contributed by atoms with van der Waals surface area (Å²) in [6.45, 7) is 13.5. The predicted octanol–water partition coefficient (Wildman–Crippen LogP) is 3.45. The van der Waals surface area contributed by atoms with Crippen LogP contribution in [0.25, 0.3) is 0 Å². The van der Waals surface area contributed by atoms with Gasteiger partial charge in [0.1, 0.15) is 6.16 Å². The molecule has 0 unspecified atom stereocenters. The van der Waals surface area contributed by atoms with Gasteiger partial charge in [0.2, 0.25) is 0 Å². The largest absolute Gasteiger partial charge is 0.466 e. The van der Waals surface area contributed by atoms with Gasteiger partial charge < -0.3 is 13.2 Å². The highest BCUT2D eigenvalue weighted by molar-refractivity contribution is 7.58. The molecule has 0 aliphatic heterocycles. The number of ether oxygens (including phenoxy) is 1. The fourth-order valence-corrected chi connectivity index (χ4v) is 9.37. The van der Waals surface area contributed by atoms with Gasteiger partial charge in [0, 0.05) is 0 Å². The average Bonchev–Trinajstić information content (AvgIpc) is 1.93. The summed E-state index contributed by atoms with van der Waals surface area (Å²) in [7, 11) is -7.51. The molecule has 5 nitrogen and oxygen atoms in total. The van der Waals surface area contributed by atoms with Crippen molar-refractivity contribution < 1.29 is 22.5 Å². The fraction of sp³-hybridized carbons (Fsp3) is 0.900. The molecule has 0 heterocycles. The molecule has 0 aliphatic rings. The molecule has 0 aromatic rings. The zero-order valence-corrected chi connectivity index (χ0v) is 15.3. The minimum absolute atomic E-state index is 0.263. The Bertz CT molecular complexity index is 312. The van der Waals surface area contributed by atoms with Crippen molar-refractivity contribution in [1.29, 1.82) is 0 Å². The van der Waals surface area contributed by atoms with Crippen LogP contribution < -0.4 is 0 Å². The molecule has 18 heavy (non-hydrogen) atoms. The second-order valence-electron chi connectivity index (χ2n) is 5.98. The highest BCUT2D eigenvalue weighted by atomic mass is 31.2. The minimum Gasteiger partial charge on any atom is -0.466 e. The number of carbonyl (C=O) groups excluding carboxylic acids is 1. The van der Waals surface area contributed by atoms with E-state index in [1.54, 1.807) is 6.92 Å². The van der Waals surface area contributed by atoms with Crippen LogP contribution >= 0.6 is 7.60 Å². The molecule has 0 aromatic carbocycles. The minimum atomic E-state index is -3.40. The monoisotopic (exact) mass is 312 g/mol. The van der Waals surface area contributed by atoms with Crippen molar-refractivity contribution in [2.45, 2.75) is 46.2 Å². The zero-order chi connectivity index (χ0) is 14.6. The van der Waals surface area contributed by atoms with Gasteiger partial charge in [-0.2, -0.15) is 0 Å². The van der Waals surface area contributed by atoms with Crippen molar-refractivity contribution in [3.63, 3.8) is 0 Å². The molecule has 108 valence electrons. The average molecular weight is 312 g/mol. The smallest absolute Gasteiger partial charge is 0.322 e. The molecule has 0 atom stereocenters. The van der Waals surface area contributed by atoms with Crippen molar-refractivity contribution in [3.05, 3.63) is 0 Å². The second kappa shape index (κ2) is 6.47. The maximum atomic E-state index is 12.7. The molecule has 0 bridgehead atoms. The van der Waals surface area contributed by atoms with E-state index in [0.717, 1.165) is 0 Å². The first-order chi connectivity index (χ1) is 7.87. The van der Waals surface area contributed by atoms with Gasteiger partial charge in [-0.05, 0) is 46.2 Å². The second-order valence-corrected chi connectivity index (χ2v) is 17.4. The molecule has 0 fully saturated rings. The lowest BCUT2D eigenvalue weighted by atomic mass is 10.8. The van der Waals surface area contributed by atoms with Crippen LogP contribution in [-0.4, -0.2) is 35.4 Å². The van der Waals surface area contributed by atoms with E-state index < -0.39 is 30.2 Å². The third-order valence-corrected chi connectivity index (χ3v) is 8.71. The van der Waals surface area contributed by atoms with Gasteiger partial charge >= 0.3 is 13.6 Å². The van der Waals surface area contributed by atoms with Crippen molar-refractivity contribution in [2.75, 3.05) is 12.8 Å². The third kappa shape index (κ3) is 9.05. The first kappa shape index (κ1) is 18.1. The quantitative estimate of drug-likeness (QED) is 0.409. The van der Waals surface area contributed by atoms with Gasteiger partial charge in [-0.15, -0.1) is 0 Å². The molecule has 0 spiro atoms. The van der Waals surface area contributed by atoms with E-state index >= 15 is 0 Å². The normalized spacial score (nSPS) is 13.5. The van der Waals surface area contributed by atoms with Crippen LogP contribution in [0, 0.1) is 0 Å². The Kier molecular flexibility index (Phi) is 6.49. The summed E-state index contributed by atoms with van der Waals surface area (Å²) in [6, 6.07) is 0. The SMILES string of the molecule is CCOC(=O)CP(=O)(O[Si](C)(C)C)O[Si](C)(C)C. The summed E-state index contributed by atoms with van der Waals surface area (Å²) in [5, 5.41) is 0. The number of rotatable bonds is 7. The molecule has 0 aromatic heterocycles. The Morgan fingerprint density at radius 1 is 1.00 bits per heavy atom. The van der Waals surface area contributed by atoms with E-state index in [0.29, 0.717) is 0 Å². The maximum absolute atomic E-state index is 12.7. The molecule has 0 saturated heterocycles. The van der Waals surface area contributed by atoms with E-state index in [1.165, 1.54) is 0 Å². The Hall–Kier alpha value is 0.0538. The summed E-state index contributed by atoms with van der Waals surface area (Å²) in [5.74, 6) is -0.530. The summed E-state index contributed by atoms with van der Waals surface area (Å²) in [4.78, 5) is 11.5. The van der Waals surface area contributed by atoms with Crippen LogP contribution in [0.4, 0.5) is 0 Å². The van der Waals surface area contributed by atoms with Crippen molar-refractivity contribution >= 4 is 30.2 Å². The molecule has 0 N–H and O–H groups in total. The molecule has 0 amide bonds. The molecule has 0 radical (unpaired) electrons. The van der Waals surface area contributed by atoms with E-state index in [2.05, 4.69) is 0 Å². The lowest BCUT2D eigenvalue weighted by Crippen LogP contribution is -2.32. The Balaban J connectivity index is 4.93. The lowest BCUT2D eigenvalue weighted by molar-refractivity contribution is -0.140. The Morgan fingerprint density at radius 2 is 1.39 bits per heavy atom. The summed E-state index contributed by atoms with van der Waals surface area (Å²) in [5.41, 5.74) is 0. The summed E-state index contributed by atoms with van der Waals surface area (Å²) in [6.07, 6.45) is -0.296. The van der Waals surface area contributed by atoms with Gasteiger partial charge in [-0.1, -0.05) is 0 Å². The van der Waals surface area contributed by atoms with Crippen LogP contribution in [0.3, 0.4) is 0 Å². The van der Waals surface area contributed by atoms with Gasteiger partial charge in [0.05, 0.1) is 6.61 Å². The third-order valence-electron chi connectivity index (χ3n) is 1.45. The number of carbonyl (C=O) groups is 1. The number of esters is 1. The number of hydrogen-bond acceptors (Lipinski definition) is 5. The first-order valence-electron chi connectivity index (χ1n) is 6.03. The Morgan fingerprint density at radius 3 is 1.67 bits per heavy atom. The van der Waals surface area contributed by atoms with Crippen LogP contribution in [0.15, 0.2) is 0 Å². The zero-order valence-electron chi connectivity index (χ0n) is 12.4. The number of hydrogen-bond donors (Lipinski definition) is 0. The molecular weight excluding hydrogens is 287 g/mol. The van der Waals surface area contributed by atoms with Gasteiger partial charge in [-0.3, -0.25) is 9.36 Å².